The lowest BCUT2D eigenvalue weighted by atomic mass is 10.2. The second-order valence-electron chi connectivity index (χ2n) is 5.15. The van der Waals surface area contributed by atoms with E-state index in [2.05, 4.69) is 17.8 Å². The lowest BCUT2D eigenvalue weighted by Gasteiger charge is -2.08. The third kappa shape index (κ3) is 5.08. The average molecular weight is 342 g/mol. The number of para-hydroxylation sites is 1. The summed E-state index contributed by atoms with van der Waals surface area (Å²) in [5.74, 6) is 0.547. The molecule has 25 heavy (non-hydrogen) atoms. The topological polar surface area (TPSA) is 62.1 Å². The van der Waals surface area contributed by atoms with Crippen LogP contribution in [0.1, 0.15) is 25.0 Å². The van der Waals surface area contributed by atoms with Gasteiger partial charge >= 0.3 is 0 Å². The quantitative estimate of drug-likeness (QED) is 0.669. The van der Waals surface area contributed by atoms with Gasteiger partial charge in [-0.25, -0.2) is 0 Å². The van der Waals surface area contributed by atoms with Crippen LogP contribution in [-0.2, 0) is 11.2 Å². The zero-order valence-electron chi connectivity index (χ0n) is 15.3. The third-order valence-electron chi connectivity index (χ3n) is 3.72. The summed E-state index contributed by atoms with van der Waals surface area (Å²) >= 11 is 0. The number of anilines is 1. The van der Waals surface area contributed by atoms with Crippen LogP contribution in [0, 0.1) is 6.92 Å². The van der Waals surface area contributed by atoms with E-state index in [9.17, 15) is 9.90 Å². The van der Waals surface area contributed by atoms with Crippen LogP contribution in [-0.4, -0.2) is 31.9 Å². The molecular weight excluding hydrogens is 316 g/mol. The molecule has 3 rings (SSSR count). The van der Waals surface area contributed by atoms with Gasteiger partial charge in [0.25, 0.3) is 0 Å². The van der Waals surface area contributed by atoms with Crippen molar-refractivity contribution in [2.24, 2.45) is 4.99 Å². The molecule has 0 atom stereocenters. The normalized spacial score (nSPS) is 11.3. The lowest BCUT2D eigenvalue weighted by Crippen LogP contribution is -2.16. The van der Waals surface area contributed by atoms with E-state index in [1.807, 2.05) is 39.0 Å². The van der Waals surface area contributed by atoms with Crippen LogP contribution in [0.25, 0.3) is 0 Å². The number of phenolic OH excluding ortho intramolecular Hbond substituents is 1. The van der Waals surface area contributed by atoms with Crippen molar-refractivity contribution in [2.75, 3.05) is 18.6 Å². The number of hydrogen-bond acceptors (Lipinski definition) is 4. The van der Waals surface area contributed by atoms with E-state index in [-0.39, 0.29) is 5.75 Å². The highest BCUT2D eigenvalue weighted by Crippen LogP contribution is 2.32. The first-order valence-corrected chi connectivity index (χ1v) is 8.25. The molecule has 2 aromatic carbocycles. The van der Waals surface area contributed by atoms with Gasteiger partial charge in [-0.05, 0) is 43.3 Å². The standard InChI is InChI=1S/C9H11NO2.C9H9NO.C2H6/c1-6-4-9(12-3)8(11)5-7(6)10-2;11-7-10-6-5-8-3-1-2-4-9(8)10;1-2/h4-5,11H,2H2,1,3H3;1-4,7H,5-6H2;1-2H3. The maximum absolute atomic E-state index is 10.5. The molecule has 2 aromatic rings. The van der Waals surface area contributed by atoms with Gasteiger partial charge in [-0.15, -0.1) is 0 Å². The summed E-state index contributed by atoms with van der Waals surface area (Å²) in [7, 11) is 1.51. The zero-order valence-corrected chi connectivity index (χ0v) is 15.3. The number of ether oxygens (including phenoxy) is 1. The molecule has 1 heterocycles. The van der Waals surface area contributed by atoms with Crippen molar-refractivity contribution in [2.45, 2.75) is 27.2 Å². The Morgan fingerprint density at radius 2 is 1.96 bits per heavy atom. The minimum atomic E-state index is 0.0884. The van der Waals surface area contributed by atoms with Crippen molar-refractivity contribution < 1.29 is 14.6 Å². The van der Waals surface area contributed by atoms with Crippen molar-refractivity contribution in [1.82, 2.24) is 0 Å². The first-order valence-electron chi connectivity index (χ1n) is 8.25. The Morgan fingerprint density at radius 1 is 1.28 bits per heavy atom. The summed E-state index contributed by atoms with van der Waals surface area (Å²) in [5.41, 5.74) is 3.95. The van der Waals surface area contributed by atoms with Crippen molar-refractivity contribution >= 4 is 24.5 Å². The van der Waals surface area contributed by atoms with E-state index < -0.39 is 0 Å². The van der Waals surface area contributed by atoms with E-state index in [0.717, 1.165) is 30.6 Å². The predicted molar refractivity (Wildman–Crippen MR) is 104 cm³/mol. The molecule has 1 aliphatic heterocycles. The van der Waals surface area contributed by atoms with Crippen molar-refractivity contribution in [3.63, 3.8) is 0 Å². The molecule has 0 saturated heterocycles. The van der Waals surface area contributed by atoms with E-state index in [1.54, 1.807) is 11.0 Å². The predicted octanol–water partition coefficient (Wildman–Crippen LogP) is 4.27. The Balaban J connectivity index is 0.000000228. The van der Waals surface area contributed by atoms with Crippen LogP contribution >= 0.6 is 0 Å². The number of fused-ring (bicyclic) bond motifs is 1. The van der Waals surface area contributed by atoms with Crippen LogP contribution in [0.4, 0.5) is 11.4 Å². The highest BCUT2D eigenvalue weighted by molar-refractivity contribution is 5.79. The van der Waals surface area contributed by atoms with Crippen molar-refractivity contribution in [3.05, 3.63) is 47.5 Å². The van der Waals surface area contributed by atoms with Gasteiger partial charge in [-0.3, -0.25) is 9.79 Å². The molecule has 134 valence electrons. The second-order valence-corrected chi connectivity index (χ2v) is 5.15. The molecule has 0 aromatic heterocycles. The summed E-state index contributed by atoms with van der Waals surface area (Å²) in [4.78, 5) is 16.0. The van der Waals surface area contributed by atoms with Gasteiger partial charge in [0.05, 0.1) is 12.8 Å². The highest BCUT2D eigenvalue weighted by atomic mass is 16.5. The number of carbonyl (C=O) groups excluding carboxylic acids is 1. The van der Waals surface area contributed by atoms with Gasteiger partial charge in [0.2, 0.25) is 6.41 Å². The largest absolute Gasteiger partial charge is 0.504 e. The van der Waals surface area contributed by atoms with Crippen LogP contribution in [0.15, 0.2) is 41.4 Å². The summed E-state index contributed by atoms with van der Waals surface area (Å²) < 4.78 is 4.91. The fraction of sp³-hybridized carbons (Fsp3) is 0.300. The van der Waals surface area contributed by atoms with Gasteiger partial charge in [0.1, 0.15) is 0 Å². The minimum absolute atomic E-state index is 0.0884. The number of phenols is 1. The van der Waals surface area contributed by atoms with E-state index in [1.165, 1.54) is 18.7 Å². The smallest absolute Gasteiger partial charge is 0.214 e. The summed E-state index contributed by atoms with van der Waals surface area (Å²) in [5, 5.41) is 9.33. The van der Waals surface area contributed by atoms with Crippen LogP contribution in [0.2, 0.25) is 0 Å². The number of rotatable bonds is 3. The fourth-order valence-electron chi connectivity index (χ4n) is 2.47. The number of benzene rings is 2. The maximum atomic E-state index is 10.5. The summed E-state index contributed by atoms with van der Waals surface area (Å²) in [6, 6.07) is 11.3. The van der Waals surface area contributed by atoms with Gasteiger partial charge in [0.15, 0.2) is 11.5 Å². The van der Waals surface area contributed by atoms with Crippen molar-refractivity contribution in [1.29, 1.82) is 0 Å². The van der Waals surface area contributed by atoms with Gasteiger partial charge in [0, 0.05) is 18.3 Å². The number of aryl methyl sites for hydroxylation is 1. The molecule has 0 aliphatic carbocycles. The lowest BCUT2D eigenvalue weighted by molar-refractivity contribution is -0.107. The monoisotopic (exact) mass is 342 g/mol. The van der Waals surface area contributed by atoms with E-state index in [0.29, 0.717) is 11.4 Å². The minimum Gasteiger partial charge on any atom is -0.504 e. The number of amides is 1. The van der Waals surface area contributed by atoms with E-state index in [4.69, 9.17) is 4.74 Å². The number of aliphatic imine (C=N–C) groups is 1. The molecule has 0 bridgehead atoms. The van der Waals surface area contributed by atoms with Gasteiger partial charge in [-0.2, -0.15) is 0 Å². The molecule has 0 saturated carbocycles. The number of carbonyl (C=O) groups is 1. The van der Waals surface area contributed by atoms with Crippen molar-refractivity contribution in [3.8, 4) is 11.5 Å². The number of hydrogen-bond donors (Lipinski definition) is 1. The second kappa shape index (κ2) is 10.1. The zero-order chi connectivity index (χ0) is 18.8. The Morgan fingerprint density at radius 3 is 2.56 bits per heavy atom. The summed E-state index contributed by atoms with van der Waals surface area (Å²) in [6.07, 6.45) is 1.89. The number of aromatic hydroxyl groups is 1. The molecule has 5 nitrogen and oxygen atoms in total. The molecule has 0 unspecified atom stereocenters. The Bertz CT molecular complexity index is 714. The van der Waals surface area contributed by atoms with Gasteiger partial charge < -0.3 is 14.7 Å². The Kier molecular flexibility index (Phi) is 8.19. The highest BCUT2D eigenvalue weighted by Gasteiger charge is 2.16. The third-order valence-corrected chi connectivity index (χ3v) is 3.72. The number of methoxy groups -OCH3 is 1. The molecule has 1 N–H and O–H groups in total. The fourth-order valence-corrected chi connectivity index (χ4v) is 2.47. The average Bonchev–Trinajstić information content (AvgIpc) is 3.08. The molecule has 1 aliphatic rings. The van der Waals surface area contributed by atoms with E-state index >= 15 is 0 Å². The molecule has 0 spiro atoms. The first-order chi connectivity index (χ1) is 12.1. The SMILES string of the molecule is C=Nc1cc(O)c(OC)cc1C.CC.O=CN1CCc2ccccc21. The molecule has 0 fully saturated rings. The van der Waals surface area contributed by atoms with Crippen LogP contribution < -0.4 is 9.64 Å². The van der Waals surface area contributed by atoms with Crippen LogP contribution in [0.5, 0.6) is 11.5 Å². The Hall–Kier alpha value is -2.82. The maximum Gasteiger partial charge on any atom is 0.214 e. The molecular formula is C20H26N2O3. The van der Waals surface area contributed by atoms with Crippen LogP contribution in [0.3, 0.4) is 0 Å². The van der Waals surface area contributed by atoms with Gasteiger partial charge in [-0.1, -0.05) is 32.0 Å². The molecule has 5 heteroatoms. The molecule has 1 amide bonds. The summed E-state index contributed by atoms with van der Waals surface area (Å²) in [6.45, 7) is 10.1. The molecule has 0 radical (unpaired) electrons. The first kappa shape index (κ1) is 20.2. The number of nitrogens with zero attached hydrogens (tertiary/aromatic N) is 2. The Labute approximate surface area is 149 Å².